The van der Waals surface area contributed by atoms with Crippen molar-refractivity contribution in [1.82, 2.24) is 10.2 Å². The van der Waals surface area contributed by atoms with Crippen molar-refractivity contribution in [2.24, 2.45) is 17.8 Å². The number of hydrogen-bond donors (Lipinski definition) is 2. The summed E-state index contributed by atoms with van der Waals surface area (Å²) in [7, 11) is 0. The first-order chi connectivity index (χ1) is 12.4. The molecule has 1 aromatic carbocycles. The topological polar surface area (TPSA) is 92.5 Å². The Balaban J connectivity index is 1.31. The van der Waals surface area contributed by atoms with Crippen LogP contribution in [-0.2, 0) is 4.79 Å². The molecule has 4 saturated carbocycles. The second-order valence-corrected chi connectivity index (χ2v) is 8.75. The Kier molecular flexibility index (Phi) is 3.24. The molecule has 3 N–H and O–H groups in total. The van der Waals surface area contributed by atoms with Gasteiger partial charge in [-0.05, 0) is 74.5 Å². The van der Waals surface area contributed by atoms with Crippen LogP contribution < -0.4 is 11.1 Å². The number of nitrogen functional groups attached to an aromatic ring is 1. The molecule has 4 aliphatic carbocycles. The Morgan fingerprint density at radius 2 is 1.62 bits per heavy atom. The fraction of sp³-hybridized carbons (Fsp3) is 0.550. The van der Waals surface area contributed by atoms with Crippen LogP contribution in [0.1, 0.15) is 59.2 Å². The van der Waals surface area contributed by atoms with E-state index in [4.69, 9.17) is 5.73 Å². The van der Waals surface area contributed by atoms with Crippen LogP contribution in [0.4, 0.5) is 5.69 Å². The Hall–Kier alpha value is -2.37. The van der Waals surface area contributed by atoms with Gasteiger partial charge in [0.1, 0.15) is 6.54 Å². The van der Waals surface area contributed by atoms with Gasteiger partial charge in [-0.2, -0.15) is 0 Å². The average Bonchev–Trinajstić information content (AvgIpc) is 2.77. The van der Waals surface area contributed by atoms with Crippen molar-refractivity contribution in [3.05, 3.63) is 29.3 Å². The highest BCUT2D eigenvalue weighted by molar-refractivity contribution is 6.22. The first-order valence-corrected chi connectivity index (χ1v) is 9.49. The number of benzene rings is 1. The van der Waals surface area contributed by atoms with Gasteiger partial charge in [0.15, 0.2) is 0 Å². The summed E-state index contributed by atoms with van der Waals surface area (Å²) in [5.74, 6) is 1.11. The van der Waals surface area contributed by atoms with Crippen LogP contribution in [0.15, 0.2) is 18.2 Å². The molecular weight excluding hydrogens is 330 g/mol. The zero-order valence-electron chi connectivity index (χ0n) is 14.7. The zero-order valence-corrected chi connectivity index (χ0v) is 14.7. The molecule has 1 aliphatic heterocycles. The lowest BCUT2D eigenvalue weighted by Gasteiger charge is -2.57. The zero-order chi connectivity index (χ0) is 18.1. The van der Waals surface area contributed by atoms with E-state index in [-0.39, 0.29) is 23.6 Å². The number of hydrogen-bond acceptors (Lipinski definition) is 4. The first kappa shape index (κ1) is 15.9. The summed E-state index contributed by atoms with van der Waals surface area (Å²) in [6.45, 7) is -0.214. The molecule has 1 aromatic rings. The number of carbonyl (C=O) groups excluding carboxylic acids is 3. The summed E-state index contributed by atoms with van der Waals surface area (Å²) in [6.07, 6.45) is 7.04. The first-order valence-electron chi connectivity index (χ1n) is 9.49. The molecule has 26 heavy (non-hydrogen) atoms. The Morgan fingerprint density at radius 3 is 2.23 bits per heavy atom. The van der Waals surface area contributed by atoms with Crippen LogP contribution in [0.25, 0.3) is 0 Å². The highest BCUT2D eigenvalue weighted by Gasteiger charge is 2.51. The number of nitrogens with two attached hydrogens (primary N) is 1. The van der Waals surface area contributed by atoms with Crippen LogP contribution in [0.5, 0.6) is 0 Å². The maximum Gasteiger partial charge on any atom is 0.262 e. The fourth-order valence-electron chi connectivity index (χ4n) is 6.19. The molecular formula is C20H23N3O3. The number of imide groups is 1. The quantitative estimate of drug-likeness (QED) is 0.642. The molecule has 6 heteroatoms. The summed E-state index contributed by atoms with van der Waals surface area (Å²) in [6, 6.07) is 4.66. The summed E-state index contributed by atoms with van der Waals surface area (Å²) in [5, 5.41) is 3.22. The molecule has 6 rings (SSSR count). The molecule has 0 spiro atoms. The van der Waals surface area contributed by atoms with Crippen LogP contribution in [0, 0.1) is 17.8 Å². The number of amides is 3. The van der Waals surface area contributed by atoms with Crippen molar-refractivity contribution in [1.29, 1.82) is 0 Å². The van der Waals surface area contributed by atoms with Crippen molar-refractivity contribution < 1.29 is 14.4 Å². The monoisotopic (exact) mass is 353 g/mol. The SMILES string of the molecule is Nc1ccc2c(c1)C(=O)N(CC(=O)NC13CC4CC(CC(C4)C1)C3)C2=O. The Bertz CT molecular complexity index is 796. The van der Waals surface area contributed by atoms with Crippen molar-refractivity contribution in [2.75, 3.05) is 12.3 Å². The molecule has 4 fully saturated rings. The van der Waals surface area contributed by atoms with E-state index in [0.717, 1.165) is 41.9 Å². The minimum Gasteiger partial charge on any atom is -0.399 e. The Morgan fingerprint density at radius 1 is 1.04 bits per heavy atom. The maximum absolute atomic E-state index is 12.7. The predicted octanol–water partition coefficient (Wildman–Crippen LogP) is 1.95. The largest absolute Gasteiger partial charge is 0.399 e. The lowest BCUT2D eigenvalue weighted by atomic mass is 9.53. The van der Waals surface area contributed by atoms with Crippen molar-refractivity contribution in [2.45, 2.75) is 44.1 Å². The molecule has 1 heterocycles. The predicted molar refractivity (Wildman–Crippen MR) is 95.3 cm³/mol. The van der Waals surface area contributed by atoms with E-state index in [9.17, 15) is 14.4 Å². The minimum absolute atomic E-state index is 0.116. The molecule has 6 nitrogen and oxygen atoms in total. The molecule has 0 aromatic heterocycles. The normalized spacial score (nSPS) is 34.3. The number of nitrogens with one attached hydrogen (secondary N) is 1. The summed E-state index contributed by atoms with van der Waals surface area (Å²) >= 11 is 0. The van der Waals surface area contributed by atoms with Gasteiger partial charge in [0.2, 0.25) is 5.91 Å². The Labute approximate surface area is 152 Å². The summed E-state index contributed by atoms with van der Waals surface area (Å²) in [5.41, 5.74) is 6.65. The van der Waals surface area contributed by atoms with E-state index in [1.807, 2.05) is 0 Å². The van der Waals surface area contributed by atoms with Gasteiger partial charge in [0.25, 0.3) is 11.8 Å². The molecule has 3 amide bonds. The van der Waals surface area contributed by atoms with Gasteiger partial charge < -0.3 is 11.1 Å². The number of fused-ring (bicyclic) bond motifs is 1. The minimum atomic E-state index is -0.432. The third-order valence-corrected chi connectivity index (χ3v) is 6.74. The molecule has 0 radical (unpaired) electrons. The van der Waals surface area contributed by atoms with E-state index in [1.165, 1.54) is 25.3 Å². The van der Waals surface area contributed by atoms with Gasteiger partial charge in [-0.25, -0.2) is 0 Å². The second-order valence-electron chi connectivity index (χ2n) is 8.75. The maximum atomic E-state index is 12.7. The molecule has 0 saturated heterocycles. The van der Waals surface area contributed by atoms with Crippen LogP contribution in [0.3, 0.4) is 0 Å². The summed E-state index contributed by atoms with van der Waals surface area (Å²) < 4.78 is 0. The van der Waals surface area contributed by atoms with Gasteiger partial charge >= 0.3 is 0 Å². The van der Waals surface area contributed by atoms with Crippen LogP contribution >= 0.6 is 0 Å². The highest BCUT2D eigenvalue weighted by atomic mass is 16.2. The van der Waals surface area contributed by atoms with E-state index in [1.54, 1.807) is 12.1 Å². The molecule has 5 aliphatic rings. The van der Waals surface area contributed by atoms with E-state index >= 15 is 0 Å². The van der Waals surface area contributed by atoms with E-state index < -0.39 is 11.8 Å². The fourth-order valence-corrected chi connectivity index (χ4v) is 6.19. The van der Waals surface area contributed by atoms with Gasteiger partial charge in [-0.15, -0.1) is 0 Å². The molecule has 4 bridgehead atoms. The van der Waals surface area contributed by atoms with E-state index in [0.29, 0.717) is 11.3 Å². The van der Waals surface area contributed by atoms with E-state index in [2.05, 4.69) is 5.32 Å². The number of anilines is 1. The van der Waals surface area contributed by atoms with Gasteiger partial charge in [0.05, 0.1) is 11.1 Å². The van der Waals surface area contributed by atoms with Gasteiger partial charge in [-0.1, -0.05) is 0 Å². The van der Waals surface area contributed by atoms with Crippen molar-refractivity contribution in [3.8, 4) is 0 Å². The number of rotatable bonds is 3. The van der Waals surface area contributed by atoms with Crippen LogP contribution in [0.2, 0.25) is 0 Å². The smallest absolute Gasteiger partial charge is 0.262 e. The van der Waals surface area contributed by atoms with Gasteiger partial charge in [0, 0.05) is 11.2 Å². The van der Waals surface area contributed by atoms with Crippen molar-refractivity contribution in [3.63, 3.8) is 0 Å². The molecule has 0 unspecified atom stereocenters. The highest BCUT2D eigenvalue weighted by Crippen LogP contribution is 2.55. The van der Waals surface area contributed by atoms with Crippen molar-refractivity contribution >= 4 is 23.4 Å². The lowest BCUT2D eigenvalue weighted by molar-refractivity contribution is -0.127. The third-order valence-electron chi connectivity index (χ3n) is 6.74. The molecule has 0 atom stereocenters. The lowest BCUT2D eigenvalue weighted by Crippen LogP contribution is -2.61. The van der Waals surface area contributed by atoms with Crippen LogP contribution in [-0.4, -0.2) is 34.7 Å². The number of nitrogens with zero attached hydrogens (tertiary/aromatic N) is 1. The second kappa shape index (κ2) is 5.32. The number of carbonyl (C=O) groups is 3. The van der Waals surface area contributed by atoms with Gasteiger partial charge in [-0.3, -0.25) is 19.3 Å². The average molecular weight is 353 g/mol. The third kappa shape index (κ3) is 2.35. The summed E-state index contributed by atoms with van der Waals surface area (Å²) in [4.78, 5) is 38.8. The molecule has 136 valence electrons. The standard InChI is InChI=1S/C20H23N3O3/c21-14-1-2-15-16(6-14)19(26)23(18(15)25)10-17(24)22-20-7-11-3-12(8-20)5-13(4-11)9-20/h1-2,6,11-13H,3-5,7-10,21H2,(H,22,24).